The molecule has 58 valence electrons. The van der Waals surface area contributed by atoms with Crippen LogP contribution in [0.4, 0.5) is 0 Å². The van der Waals surface area contributed by atoms with Crippen molar-refractivity contribution in [2.45, 2.75) is 19.4 Å². The summed E-state index contributed by atoms with van der Waals surface area (Å²) in [5, 5.41) is 16.8. The van der Waals surface area contributed by atoms with Gasteiger partial charge >= 0.3 is 0 Å². The Balaban J connectivity index is 3.95. The van der Waals surface area contributed by atoms with Crippen LogP contribution in [0.15, 0.2) is 0 Å². The average Bonchev–Trinajstić information content (AvgIpc) is 2.00. The second-order valence-corrected chi connectivity index (χ2v) is 1.84. The molecule has 0 radical (unpaired) electrons. The van der Waals surface area contributed by atoms with Gasteiger partial charge in [-0.1, -0.05) is 6.92 Å². The zero-order valence-corrected chi connectivity index (χ0v) is 5.70. The van der Waals surface area contributed by atoms with Gasteiger partial charge < -0.3 is 10.2 Å². The number of aliphatic hydroxyl groups excluding tert-OH is 2. The SMILES string of the molecule is CCC(=O)C(=O)[C@H](O)CO. The molecule has 0 amide bonds. The van der Waals surface area contributed by atoms with E-state index in [1.54, 1.807) is 0 Å². The molecule has 0 spiro atoms. The van der Waals surface area contributed by atoms with Crippen molar-refractivity contribution < 1.29 is 19.8 Å². The van der Waals surface area contributed by atoms with Gasteiger partial charge in [0.2, 0.25) is 11.6 Å². The highest BCUT2D eigenvalue weighted by atomic mass is 16.3. The first-order chi connectivity index (χ1) is 4.63. The summed E-state index contributed by atoms with van der Waals surface area (Å²) in [5.74, 6) is -1.56. The van der Waals surface area contributed by atoms with E-state index in [9.17, 15) is 9.59 Å². The molecule has 4 heteroatoms. The maximum Gasteiger partial charge on any atom is 0.229 e. The maximum absolute atomic E-state index is 10.5. The van der Waals surface area contributed by atoms with E-state index >= 15 is 0 Å². The van der Waals surface area contributed by atoms with E-state index < -0.39 is 24.3 Å². The van der Waals surface area contributed by atoms with Crippen molar-refractivity contribution in [1.82, 2.24) is 0 Å². The number of carbonyl (C=O) groups is 2. The van der Waals surface area contributed by atoms with Crippen LogP contribution in [0.3, 0.4) is 0 Å². The molecule has 0 saturated heterocycles. The van der Waals surface area contributed by atoms with E-state index in [0.717, 1.165) is 0 Å². The second kappa shape index (κ2) is 4.14. The molecule has 0 aromatic carbocycles. The molecule has 0 aliphatic heterocycles. The molecular weight excluding hydrogens is 136 g/mol. The van der Waals surface area contributed by atoms with Gasteiger partial charge in [0.15, 0.2) is 0 Å². The van der Waals surface area contributed by atoms with Crippen molar-refractivity contribution in [3.8, 4) is 0 Å². The van der Waals surface area contributed by atoms with Crippen LogP contribution < -0.4 is 0 Å². The largest absolute Gasteiger partial charge is 0.393 e. The monoisotopic (exact) mass is 146 g/mol. The molecule has 0 unspecified atom stereocenters. The van der Waals surface area contributed by atoms with Crippen LogP contribution in [0.5, 0.6) is 0 Å². The number of rotatable bonds is 4. The molecule has 4 nitrogen and oxygen atoms in total. The molecule has 0 bridgehead atoms. The lowest BCUT2D eigenvalue weighted by atomic mass is 10.1. The fraction of sp³-hybridized carbons (Fsp3) is 0.667. The van der Waals surface area contributed by atoms with E-state index in [2.05, 4.69) is 0 Å². The summed E-state index contributed by atoms with van der Waals surface area (Å²) in [6.07, 6.45) is -1.47. The molecule has 0 aliphatic rings. The highest BCUT2D eigenvalue weighted by molar-refractivity contribution is 6.38. The lowest BCUT2D eigenvalue weighted by molar-refractivity contribution is -0.142. The van der Waals surface area contributed by atoms with Crippen LogP contribution in [0.25, 0.3) is 0 Å². The standard InChI is InChI=1S/C6H10O4/c1-2-4(8)6(10)5(9)3-7/h5,7,9H,2-3H2,1H3/t5-/m1/s1. The normalized spacial score (nSPS) is 12.7. The molecule has 0 rings (SSSR count). The lowest BCUT2D eigenvalue weighted by Crippen LogP contribution is -2.30. The fourth-order valence-corrected chi connectivity index (χ4v) is 0.443. The molecule has 1 atom stereocenters. The molecule has 10 heavy (non-hydrogen) atoms. The molecule has 0 aromatic heterocycles. The van der Waals surface area contributed by atoms with Gasteiger partial charge in [-0.05, 0) is 0 Å². The van der Waals surface area contributed by atoms with Gasteiger partial charge in [-0.2, -0.15) is 0 Å². The first-order valence-corrected chi connectivity index (χ1v) is 2.99. The third kappa shape index (κ3) is 2.24. The Morgan fingerprint density at radius 3 is 2.30 bits per heavy atom. The summed E-state index contributed by atoms with van der Waals surface area (Å²) in [6.45, 7) is 0.828. The van der Waals surface area contributed by atoms with Gasteiger partial charge in [0.05, 0.1) is 6.61 Å². The summed E-state index contributed by atoms with van der Waals surface area (Å²) >= 11 is 0. The van der Waals surface area contributed by atoms with Crippen LogP contribution in [0.1, 0.15) is 13.3 Å². The predicted molar refractivity (Wildman–Crippen MR) is 33.4 cm³/mol. The summed E-state index contributed by atoms with van der Waals surface area (Å²) in [6, 6.07) is 0. The minimum atomic E-state index is -1.53. The minimum Gasteiger partial charge on any atom is -0.393 e. The van der Waals surface area contributed by atoms with Crippen molar-refractivity contribution in [2.24, 2.45) is 0 Å². The molecular formula is C6H10O4. The number of hydrogen-bond acceptors (Lipinski definition) is 4. The predicted octanol–water partition coefficient (Wildman–Crippen LogP) is -1.11. The van der Waals surface area contributed by atoms with E-state index in [1.165, 1.54) is 6.92 Å². The Hall–Kier alpha value is -0.740. The van der Waals surface area contributed by atoms with E-state index in [-0.39, 0.29) is 6.42 Å². The van der Waals surface area contributed by atoms with E-state index in [0.29, 0.717) is 0 Å². The van der Waals surface area contributed by atoms with Gasteiger partial charge in [-0.25, -0.2) is 0 Å². The van der Waals surface area contributed by atoms with Crippen LogP contribution in [-0.4, -0.2) is 34.5 Å². The summed E-state index contributed by atoms with van der Waals surface area (Å²) in [7, 11) is 0. The van der Waals surface area contributed by atoms with Crippen molar-refractivity contribution in [1.29, 1.82) is 0 Å². The highest BCUT2D eigenvalue weighted by Gasteiger charge is 2.19. The van der Waals surface area contributed by atoms with Crippen molar-refractivity contribution in [3.63, 3.8) is 0 Å². The Bertz CT molecular complexity index is 141. The van der Waals surface area contributed by atoms with Crippen LogP contribution >= 0.6 is 0 Å². The minimum absolute atomic E-state index is 0.0654. The number of aliphatic hydroxyl groups is 2. The van der Waals surface area contributed by atoms with Gasteiger partial charge in [0.25, 0.3) is 0 Å². The number of Topliss-reactive ketones (excluding diaryl/α,β-unsaturated/α-hetero) is 2. The molecule has 0 fully saturated rings. The topological polar surface area (TPSA) is 74.6 Å². The van der Waals surface area contributed by atoms with Gasteiger partial charge in [0.1, 0.15) is 6.10 Å². The van der Waals surface area contributed by atoms with Crippen LogP contribution in [0.2, 0.25) is 0 Å². The Morgan fingerprint density at radius 2 is 2.00 bits per heavy atom. The highest BCUT2D eigenvalue weighted by Crippen LogP contribution is 1.89. The Labute approximate surface area is 58.5 Å². The quantitative estimate of drug-likeness (QED) is 0.493. The smallest absolute Gasteiger partial charge is 0.229 e. The zero-order chi connectivity index (χ0) is 8.15. The summed E-state index contributed by atoms with van der Waals surface area (Å²) in [4.78, 5) is 21.0. The molecule has 2 N–H and O–H groups in total. The lowest BCUT2D eigenvalue weighted by Gasteiger charge is -2.01. The molecule has 0 saturated carbocycles. The summed E-state index contributed by atoms with van der Waals surface area (Å²) in [5.41, 5.74) is 0. The third-order valence-corrected chi connectivity index (χ3v) is 1.07. The molecule has 0 aromatic rings. The maximum atomic E-state index is 10.5. The molecule has 0 aliphatic carbocycles. The Kier molecular flexibility index (Phi) is 3.83. The van der Waals surface area contributed by atoms with Crippen LogP contribution in [-0.2, 0) is 9.59 Å². The Morgan fingerprint density at radius 1 is 1.50 bits per heavy atom. The average molecular weight is 146 g/mol. The van der Waals surface area contributed by atoms with E-state index in [1.807, 2.05) is 0 Å². The van der Waals surface area contributed by atoms with Crippen LogP contribution in [0, 0.1) is 0 Å². The van der Waals surface area contributed by atoms with Crippen molar-refractivity contribution >= 4 is 11.6 Å². The zero-order valence-electron chi connectivity index (χ0n) is 5.70. The summed E-state index contributed by atoms with van der Waals surface area (Å²) < 4.78 is 0. The van der Waals surface area contributed by atoms with Gasteiger partial charge in [-0.15, -0.1) is 0 Å². The molecule has 0 heterocycles. The van der Waals surface area contributed by atoms with Crippen molar-refractivity contribution in [3.05, 3.63) is 0 Å². The third-order valence-electron chi connectivity index (χ3n) is 1.07. The first kappa shape index (κ1) is 9.26. The van der Waals surface area contributed by atoms with Gasteiger partial charge in [-0.3, -0.25) is 9.59 Å². The second-order valence-electron chi connectivity index (χ2n) is 1.84. The first-order valence-electron chi connectivity index (χ1n) is 2.99. The number of carbonyl (C=O) groups excluding carboxylic acids is 2. The van der Waals surface area contributed by atoms with Crippen molar-refractivity contribution in [2.75, 3.05) is 6.61 Å². The fourth-order valence-electron chi connectivity index (χ4n) is 0.443. The number of ketones is 2. The van der Waals surface area contributed by atoms with Gasteiger partial charge in [0, 0.05) is 6.42 Å². The number of hydrogen-bond donors (Lipinski definition) is 2. The van der Waals surface area contributed by atoms with E-state index in [4.69, 9.17) is 10.2 Å².